The molecule has 0 radical (unpaired) electrons. The van der Waals surface area contributed by atoms with E-state index in [4.69, 9.17) is 0 Å². The topological polar surface area (TPSA) is 43.7 Å². The summed E-state index contributed by atoms with van der Waals surface area (Å²) in [5, 5.41) is 20.9. The van der Waals surface area contributed by atoms with E-state index < -0.39 is 0 Å². The first-order chi connectivity index (χ1) is 6.80. The lowest BCUT2D eigenvalue weighted by Crippen LogP contribution is -2.77. The molecule has 1 saturated carbocycles. The van der Waals surface area contributed by atoms with Crippen LogP contribution in [-0.2, 0) is 0 Å². The van der Waals surface area contributed by atoms with Gasteiger partial charge >= 0.3 is 0 Å². The second kappa shape index (κ2) is 2.41. The molecule has 3 heteroatoms. The summed E-state index contributed by atoms with van der Waals surface area (Å²) in [4.78, 5) is 2.42. The van der Waals surface area contributed by atoms with Crippen molar-refractivity contribution < 1.29 is 10.2 Å². The van der Waals surface area contributed by atoms with Crippen LogP contribution in [0.15, 0.2) is 0 Å². The third kappa shape index (κ3) is 0.973. The molecule has 3 nitrogen and oxygen atoms in total. The maximum absolute atomic E-state index is 10.4. The molecule has 2 unspecified atom stereocenters. The van der Waals surface area contributed by atoms with Gasteiger partial charge in [0.05, 0.1) is 12.2 Å². The molecule has 3 saturated heterocycles. The summed E-state index contributed by atoms with van der Waals surface area (Å²) in [6.45, 7) is 9.22. The van der Waals surface area contributed by atoms with Crippen LogP contribution < -0.4 is 0 Å². The van der Waals surface area contributed by atoms with Crippen LogP contribution in [0.4, 0.5) is 0 Å². The smallest absolute Gasteiger partial charge is 0.0696 e. The fourth-order valence-electron chi connectivity index (χ4n) is 4.99. The standard InChI is InChI=1S/C12H21NO2/c1-10-4-11(2)6-13(5-10)7-12(3,8(10)14)9(11)15/h8-9,14-15H,4-7H2,1-3H3/t8-,9-,10-,11+,12?/m0/s1. The van der Waals surface area contributed by atoms with Gasteiger partial charge in [0.2, 0.25) is 0 Å². The third-order valence-electron chi connectivity index (χ3n) is 5.11. The van der Waals surface area contributed by atoms with Crippen LogP contribution in [0.2, 0.25) is 0 Å². The summed E-state index contributed by atoms with van der Waals surface area (Å²) >= 11 is 0. The van der Waals surface area contributed by atoms with Gasteiger partial charge < -0.3 is 15.1 Å². The lowest BCUT2D eigenvalue weighted by Gasteiger charge is -2.69. The van der Waals surface area contributed by atoms with E-state index in [2.05, 4.69) is 18.7 Å². The Balaban J connectivity index is 2.12. The van der Waals surface area contributed by atoms with Crippen LogP contribution in [0, 0.1) is 16.2 Å². The molecular weight excluding hydrogens is 190 g/mol. The van der Waals surface area contributed by atoms with Crippen LogP contribution in [-0.4, -0.2) is 47.0 Å². The fourth-order valence-corrected chi connectivity index (χ4v) is 4.99. The molecule has 4 fully saturated rings. The first-order valence-corrected chi connectivity index (χ1v) is 5.89. The molecule has 0 amide bonds. The van der Waals surface area contributed by atoms with Crippen LogP contribution in [0.5, 0.6) is 0 Å². The van der Waals surface area contributed by atoms with Crippen molar-refractivity contribution in [1.82, 2.24) is 4.90 Å². The Morgan fingerprint density at radius 2 is 1.40 bits per heavy atom. The van der Waals surface area contributed by atoms with Gasteiger partial charge in [-0.1, -0.05) is 20.8 Å². The third-order valence-corrected chi connectivity index (χ3v) is 5.11. The number of piperidine rings is 3. The number of aliphatic hydroxyl groups excluding tert-OH is 2. The SMILES string of the molecule is CC12CN3C[C@@](C)(C[C@@](C)(C3)[C@@H]1O)[C@@H]2O. The van der Waals surface area contributed by atoms with Gasteiger partial charge in [-0.25, -0.2) is 0 Å². The normalized spacial score (nSPS) is 67.4. The molecular formula is C12H21NO2. The first-order valence-electron chi connectivity index (χ1n) is 5.89. The summed E-state index contributed by atoms with van der Waals surface area (Å²) < 4.78 is 0. The summed E-state index contributed by atoms with van der Waals surface area (Å²) in [5.74, 6) is 0. The number of aliphatic hydroxyl groups is 2. The van der Waals surface area contributed by atoms with Crippen LogP contribution >= 0.6 is 0 Å². The van der Waals surface area contributed by atoms with Crippen molar-refractivity contribution in [2.24, 2.45) is 16.2 Å². The Hall–Kier alpha value is -0.120. The zero-order valence-electron chi connectivity index (χ0n) is 9.82. The molecule has 4 aliphatic rings. The predicted molar refractivity (Wildman–Crippen MR) is 57.4 cm³/mol. The molecule has 3 heterocycles. The van der Waals surface area contributed by atoms with Gasteiger partial charge in [-0.3, -0.25) is 0 Å². The number of hydrogen-bond donors (Lipinski definition) is 2. The van der Waals surface area contributed by atoms with Gasteiger partial charge in [0.15, 0.2) is 0 Å². The minimum atomic E-state index is -0.357. The van der Waals surface area contributed by atoms with Gasteiger partial charge in [-0.05, 0) is 6.42 Å². The highest BCUT2D eigenvalue weighted by Crippen LogP contribution is 2.61. The van der Waals surface area contributed by atoms with E-state index in [1.54, 1.807) is 0 Å². The van der Waals surface area contributed by atoms with Gasteiger partial charge in [0, 0.05) is 35.9 Å². The minimum absolute atomic E-state index is 0.0147. The molecule has 4 rings (SSSR count). The average Bonchev–Trinajstić information content (AvgIpc) is 2.10. The maximum Gasteiger partial charge on any atom is 0.0696 e. The molecule has 15 heavy (non-hydrogen) atoms. The Morgan fingerprint density at radius 1 is 0.933 bits per heavy atom. The molecule has 1 aliphatic carbocycles. The van der Waals surface area contributed by atoms with Crippen molar-refractivity contribution in [3.8, 4) is 0 Å². The van der Waals surface area contributed by atoms with E-state index >= 15 is 0 Å². The Kier molecular flexibility index (Phi) is 1.62. The maximum atomic E-state index is 10.4. The molecule has 2 N–H and O–H groups in total. The second-order valence-electron chi connectivity index (χ2n) is 6.94. The van der Waals surface area contributed by atoms with Crippen molar-refractivity contribution in [1.29, 1.82) is 0 Å². The van der Waals surface area contributed by atoms with Gasteiger partial charge in [0.1, 0.15) is 0 Å². The summed E-state index contributed by atoms with van der Waals surface area (Å²) in [7, 11) is 0. The van der Waals surface area contributed by atoms with Gasteiger partial charge in [-0.15, -0.1) is 0 Å². The van der Waals surface area contributed by atoms with Gasteiger partial charge in [-0.2, -0.15) is 0 Å². The summed E-state index contributed by atoms with van der Waals surface area (Å²) in [5.41, 5.74) is -0.350. The molecule has 0 aromatic rings. The molecule has 4 bridgehead atoms. The Morgan fingerprint density at radius 3 is 1.87 bits per heavy atom. The number of hydrogen-bond acceptors (Lipinski definition) is 3. The molecule has 0 spiro atoms. The summed E-state index contributed by atoms with van der Waals surface area (Å²) in [6, 6.07) is 0. The molecule has 0 aromatic heterocycles. The zero-order chi connectivity index (χ0) is 11.1. The highest BCUT2D eigenvalue weighted by atomic mass is 16.3. The minimum Gasteiger partial charge on any atom is -0.392 e. The van der Waals surface area contributed by atoms with Crippen molar-refractivity contribution in [2.45, 2.75) is 39.4 Å². The quantitative estimate of drug-likeness (QED) is 0.612. The van der Waals surface area contributed by atoms with E-state index in [0.717, 1.165) is 26.1 Å². The van der Waals surface area contributed by atoms with E-state index in [1.807, 2.05) is 6.92 Å². The van der Waals surface area contributed by atoms with Crippen molar-refractivity contribution >= 4 is 0 Å². The largest absolute Gasteiger partial charge is 0.392 e. The highest BCUT2D eigenvalue weighted by molar-refractivity contribution is 5.18. The Labute approximate surface area is 91.1 Å². The first kappa shape index (κ1) is 10.1. The highest BCUT2D eigenvalue weighted by Gasteiger charge is 2.67. The van der Waals surface area contributed by atoms with Crippen molar-refractivity contribution in [3.05, 3.63) is 0 Å². The molecule has 86 valence electrons. The molecule has 3 aliphatic heterocycles. The molecule has 0 aromatic carbocycles. The van der Waals surface area contributed by atoms with Crippen molar-refractivity contribution in [2.75, 3.05) is 19.6 Å². The van der Waals surface area contributed by atoms with Gasteiger partial charge in [0.25, 0.3) is 0 Å². The van der Waals surface area contributed by atoms with Crippen LogP contribution in [0.3, 0.4) is 0 Å². The number of rotatable bonds is 0. The monoisotopic (exact) mass is 211 g/mol. The summed E-state index contributed by atoms with van der Waals surface area (Å²) in [6.07, 6.45) is 0.239. The second-order valence-corrected chi connectivity index (χ2v) is 6.94. The lowest BCUT2D eigenvalue weighted by atomic mass is 9.46. The fraction of sp³-hybridized carbons (Fsp3) is 1.00. The lowest BCUT2D eigenvalue weighted by molar-refractivity contribution is -0.284. The van der Waals surface area contributed by atoms with E-state index in [0.29, 0.717) is 0 Å². The Bertz CT molecular complexity index is 295. The molecule has 6 atom stereocenters. The predicted octanol–water partition coefficient (Wildman–Crippen LogP) is 0.460. The van der Waals surface area contributed by atoms with E-state index in [9.17, 15) is 10.2 Å². The van der Waals surface area contributed by atoms with E-state index in [-0.39, 0.29) is 28.5 Å². The average molecular weight is 211 g/mol. The van der Waals surface area contributed by atoms with Crippen LogP contribution in [0.25, 0.3) is 0 Å². The number of nitrogens with zero attached hydrogens (tertiary/aromatic N) is 1. The van der Waals surface area contributed by atoms with Crippen molar-refractivity contribution in [3.63, 3.8) is 0 Å². The van der Waals surface area contributed by atoms with E-state index in [1.165, 1.54) is 0 Å². The van der Waals surface area contributed by atoms with Crippen LogP contribution in [0.1, 0.15) is 27.2 Å². The zero-order valence-corrected chi connectivity index (χ0v) is 9.82.